The van der Waals surface area contributed by atoms with Crippen molar-refractivity contribution in [1.29, 1.82) is 0 Å². The van der Waals surface area contributed by atoms with Crippen molar-refractivity contribution in [3.8, 4) is 28.7 Å². The Bertz CT molecular complexity index is 1530. The second kappa shape index (κ2) is 10.5. The van der Waals surface area contributed by atoms with Crippen molar-refractivity contribution in [2.75, 3.05) is 34.7 Å². The van der Waals surface area contributed by atoms with Crippen LogP contribution in [0.5, 0.6) is 28.7 Å². The van der Waals surface area contributed by atoms with Crippen LogP contribution in [0, 0.1) is 22.0 Å². The number of non-ortho nitro benzene ring substituents is 1. The van der Waals surface area contributed by atoms with Crippen molar-refractivity contribution in [3.05, 3.63) is 80.9 Å². The Morgan fingerprint density at radius 1 is 1.00 bits per heavy atom. The molecule has 0 saturated heterocycles. The van der Waals surface area contributed by atoms with Gasteiger partial charge in [-0.3, -0.25) is 14.9 Å². The molecule has 0 unspecified atom stereocenters. The van der Waals surface area contributed by atoms with Crippen molar-refractivity contribution in [1.82, 2.24) is 0 Å². The van der Waals surface area contributed by atoms with Crippen LogP contribution >= 0.6 is 0 Å². The maximum atomic E-state index is 14.0. The minimum absolute atomic E-state index is 0.0471. The van der Waals surface area contributed by atoms with Gasteiger partial charge in [0.2, 0.25) is 12.5 Å². The van der Waals surface area contributed by atoms with E-state index in [2.05, 4.69) is 5.16 Å². The number of carbonyl (C=O) groups excluding carboxylic acids is 1. The molecule has 41 heavy (non-hydrogen) atoms. The van der Waals surface area contributed by atoms with Crippen LogP contribution < -0.4 is 23.7 Å². The van der Waals surface area contributed by atoms with E-state index in [1.807, 2.05) is 24.3 Å². The fourth-order valence-electron chi connectivity index (χ4n) is 5.65. The van der Waals surface area contributed by atoms with E-state index in [0.29, 0.717) is 40.0 Å². The molecule has 212 valence electrons. The van der Waals surface area contributed by atoms with Crippen LogP contribution in [0.15, 0.2) is 53.7 Å². The first-order valence-corrected chi connectivity index (χ1v) is 12.8. The molecule has 0 saturated carbocycles. The lowest BCUT2D eigenvalue weighted by Crippen LogP contribution is -2.41. The van der Waals surface area contributed by atoms with Gasteiger partial charge in [-0.15, -0.1) is 0 Å². The van der Waals surface area contributed by atoms with Gasteiger partial charge in [0.15, 0.2) is 23.0 Å². The normalized spacial score (nSPS) is 19.8. The predicted molar refractivity (Wildman–Crippen MR) is 143 cm³/mol. The highest BCUT2D eigenvalue weighted by Crippen LogP contribution is 2.52. The highest BCUT2D eigenvalue weighted by molar-refractivity contribution is 6.08. The maximum Gasteiger partial charge on any atom is 0.311 e. The number of oxime groups is 1. The Labute approximate surface area is 234 Å². The van der Waals surface area contributed by atoms with E-state index in [0.717, 1.165) is 16.7 Å². The molecule has 0 spiro atoms. The van der Waals surface area contributed by atoms with Crippen molar-refractivity contribution in [3.63, 3.8) is 0 Å². The molecule has 0 fully saturated rings. The number of rotatable bonds is 8. The number of nitro benzene ring substituents is 1. The molecule has 0 radical (unpaired) electrons. The minimum Gasteiger partial charge on any atom is -0.493 e. The van der Waals surface area contributed by atoms with Gasteiger partial charge in [0, 0.05) is 23.6 Å². The van der Waals surface area contributed by atoms with E-state index in [9.17, 15) is 14.9 Å². The highest BCUT2D eigenvalue weighted by atomic mass is 16.7. The van der Waals surface area contributed by atoms with Gasteiger partial charge in [0.25, 0.3) is 5.69 Å². The summed E-state index contributed by atoms with van der Waals surface area (Å²) in [5.74, 6) is 0.244. The lowest BCUT2D eigenvalue weighted by Gasteiger charge is -2.36. The van der Waals surface area contributed by atoms with Gasteiger partial charge in [0.05, 0.1) is 43.8 Å². The summed E-state index contributed by atoms with van der Waals surface area (Å²) in [5.41, 5.74) is 3.48. The molecule has 1 aliphatic carbocycles. The molecule has 3 aliphatic rings. The molecule has 12 nitrogen and oxygen atoms in total. The summed E-state index contributed by atoms with van der Waals surface area (Å²) in [4.78, 5) is 30.0. The van der Waals surface area contributed by atoms with Crippen LogP contribution in [0.4, 0.5) is 5.69 Å². The lowest BCUT2D eigenvalue weighted by molar-refractivity contribution is -0.384. The number of methoxy groups -OCH3 is 3. The first kappa shape index (κ1) is 26.2. The van der Waals surface area contributed by atoms with Gasteiger partial charge in [-0.25, -0.2) is 0 Å². The molecule has 0 amide bonds. The number of nitrogens with zero attached hydrogens (tertiary/aromatic N) is 2. The molecule has 0 aromatic heterocycles. The molecular formula is C29H26N2O10. The van der Waals surface area contributed by atoms with Crippen LogP contribution in [-0.4, -0.2) is 51.3 Å². The number of hydrogen-bond acceptors (Lipinski definition) is 11. The van der Waals surface area contributed by atoms with Gasteiger partial charge in [-0.1, -0.05) is 5.16 Å². The summed E-state index contributed by atoms with van der Waals surface area (Å²) in [6.45, 7) is 0.199. The van der Waals surface area contributed by atoms with Gasteiger partial charge >= 0.3 is 5.97 Å². The highest BCUT2D eigenvalue weighted by Gasteiger charge is 2.50. The SMILES string of the molecule is COc1cc([C@@H]2c3cc4c(cc3C3=NOC[C@H]3[C@@H]2C(=O)OCc2ccc([N+](=O)[O-])cc2)OCO4)cc(OC)c1OC. The second-order valence-electron chi connectivity index (χ2n) is 9.66. The van der Waals surface area contributed by atoms with E-state index in [-0.39, 0.29) is 25.7 Å². The van der Waals surface area contributed by atoms with Gasteiger partial charge < -0.3 is 33.3 Å². The third kappa shape index (κ3) is 4.50. The summed E-state index contributed by atoms with van der Waals surface area (Å²) >= 11 is 0. The van der Waals surface area contributed by atoms with Gasteiger partial charge in [0.1, 0.15) is 13.2 Å². The zero-order chi connectivity index (χ0) is 28.7. The Morgan fingerprint density at radius 3 is 2.32 bits per heavy atom. The van der Waals surface area contributed by atoms with E-state index < -0.39 is 28.6 Å². The largest absolute Gasteiger partial charge is 0.493 e. The maximum absolute atomic E-state index is 14.0. The van der Waals surface area contributed by atoms with Crippen LogP contribution in [-0.2, 0) is 21.0 Å². The zero-order valence-corrected chi connectivity index (χ0v) is 22.4. The number of hydrogen-bond donors (Lipinski definition) is 0. The zero-order valence-electron chi connectivity index (χ0n) is 22.4. The second-order valence-corrected chi connectivity index (χ2v) is 9.66. The fourth-order valence-corrected chi connectivity index (χ4v) is 5.65. The molecule has 3 aromatic carbocycles. The fraction of sp³-hybridized carbons (Fsp3) is 0.310. The number of nitro groups is 1. The molecule has 12 heteroatoms. The van der Waals surface area contributed by atoms with Gasteiger partial charge in [-0.05, 0) is 53.1 Å². The predicted octanol–water partition coefficient (Wildman–Crippen LogP) is 4.20. The lowest BCUT2D eigenvalue weighted by atomic mass is 9.65. The number of esters is 1. The molecule has 2 heterocycles. The van der Waals surface area contributed by atoms with Crippen LogP contribution in [0.25, 0.3) is 0 Å². The van der Waals surface area contributed by atoms with E-state index in [4.69, 9.17) is 33.3 Å². The first-order chi connectivity index (χ1) is 19.9. The van der Waals surface area contributed by atoms with Crippen LogP contribution in [0.1, 0.15) is 28.2 Å². The number of benzene rings is 3. The van der Waals surface area contributed by atoms with E-state index >= 15 is 0 Å². The summed E-state index contributed by atoms with van der Waals surface area (Å²) in [6.07, 6.45) is 0. The number of carbonyl (C=O) groups is 1. The van der Waals surface area contributed by atoms with E-state index in [1.54, 1.807) is 12.1 Å². The summed E-state index contributed by atoms with van der Waals surface area (Å²) < 4.78 is 33.9. The van der Waals surface area contributed by atoms with Crippen molar-refractivity contribution in [2.24, 2.45) is 17.0 Å². The quantitative estimate of drug-likeness (QED) is 0.223. The first-order valence-electron chi connectivity index (χ1n) is 12.8. The summed E-state index contributed by atoms with van der Waals surface area (Å²) in [5, 5.41) is 15.3. The molecule has 0 bridgehead atoms. The Morgan fingerprint density at radius 2 is 1.68 bits per heavy atom. The Kier molecular flexibility index (Phi) is 6.73. The number of ether oxygens (including phenoxy) is 6. The van der Waals surface area contributed by atoms with Crippen LogP contribution in [0.3, 0.4) is 0 Å². The van der Waals surface area contributed by atoms with Crippen molar-refractivity contribution < 1.29 is 43.0 Å². The molecule has 2 aliphatic heterocycles. The third-order valence-corrected chi connectivity index (χ3v) is 7.56. The number of fused-ring (bicyclic) bond motifs is 4. The topological polar surface area (TPSA) is 137 Å². The Hall–Kier alpha value is -5.00. The standard InChI is InChI=1S/C29H26N2O10/c1-35-23-8-16(9-24(36-2)28(23)37-3)25-18-10-21-22(40-14-39-21)11-19(18)27-20(13-41-30-27)26(25)29(32)38-12-15-4-6-17(7-5-15)31(33)34/h4-11,20,25-26H,12-14H2,1-3H3/t20-,25+,26-/m0/s1. The van der Waals surface area contributed by atoms with E-state index in [1.165, 1.54) is 33.5 Å². The van der Waals surface area contributed by atoms with Crippen molar-refractivity contribution >= 4 is 17.4 Å². The third-order valence-electron chi connectivity index (χ3n) is 7.56. The summed E-state index contributed by atoms with van der Waals surface area (Å²) in [7, 11) is 4.58. The summed E-state index contributed by atoms with van der Waals surface area (Å²) in [6, 6.07) is 13.2. The molecule has 3 atom stereocenters. The Balaban J connectivity index is 1.45. The molecule has 3 aromatic rings. The molecular weight excluding hydrogens is 536 g/mol. The average molecular weight is 563 g/mol. The molecule has 0 N–H and O–H groups in total. The minimum atomic E-state index is -0.745. The van der Waals surface area contributed by atoms with Crippen molar-refractivity contribution in [2.45, 2.75) is 12.5 Å². The average Bonchev–Trinajstić information content (AvgIpc) is 3.67. The monoisotopic (exact) mass is 562 g/mol. The molecule has 6 rings (SSSR count). The van der Waals surface area contributed by atoms with Gasteiger partial charge in [-0.2, -0.15) is 0 Å². The smallest absolute Gasteiger partial charge is 0.311 e. The van der Waals surface area contributed by atoms with Crippen LogP contribution in [0.2, 0.25) is 0 Å².